The van der Waals surface area contributed by atoms with Crippen molar-refractivity contribution in [3.05, 3.63) is 0 Å². The molecule has 1 fully saturated rings. The number of hydrogen-bond donors (Lipinski definition) is 2. The van der Waals surface area contributed by atoms with E-state index in [-0.39, 0.29) is 5.91 Å². The average Bonchev–Trinajstić information content (AvgIpc) is 2.46. The van der Waals surface area contributed by atoms with Gasteiger partial charge in [-0.3, -0.25) is 15.0 Å². The number of rotatable bonds is 2. The van der Waals surface area contributed by atoms with E-state index in [1.807, 2.05) is 0 Å². The van der Waals surface area contributed by atoms with Crippen LogP contribution in [0.15, 0.2) is 0 Å². The molecule has 0 spiro atoms. The summed E-state index contributed by atoms with van der Waals surface area (Å²) < 4.78 is 0. The summed E-state index contributed by atoms with van der Waals surface area (Å²) in [6, 6.07) is -0.435. The molecule has 1 rings (SSSR count). The molecular formula is C10H19N3O2. The summed E-state index contributed by atoms with van der Waals surface area (Å²) in [5.41, 5.74) is 0. The van der Waals surface area contributed by atoms with Gasteiger partial charge < -0.3 is 5.32 Å². The van der Waals surface area contributed by atoms with E-state index in [9.17, 15) is 9.59 Å². The van der Waals surface area contributed by atoms with Crippen LogP contribution in [0.25, 0.3) is 0 Å². The smallest absolute Gasteiger partial charge is 0.321 e. The molecule has 1 aliphatic rings. The maximum atomic E-state index is 11.4. The highest BCUT2D eigenvalue weighted by molar-refractivity contribution is 5.95. The number of nitrogens with zero attached hydrogens (tertiary/aromatic N) is 1. The van der Waals surface area contributed by atoms with Gasteiger partial charge in [0.2, 0.25) is 5.91 Å². The summed E-state index contributed by atoms with van der Waals surface area (Å²) in [6.07, 6.45) is 4.78. The molecule has 0 radical (unpaired) electrons. The van der Waals surface area contributed by atoms with Gasteiger partial charge in [-0.1, -0.05) is 12.8 Å². The first-order valence-electron chi connectivity index (χ1n) is 5.46. The van der Waals surface area contributed by atoms with E-state index in [0.29, 0.717) is 6.54 Å². The third-order valence-electron chi connectivity index (χ3n) is 2.55. The Balaban J connectivity index is 2.26. The number of imide groups is 1. The zero-order valence-electron chi connectivity index (χ0n) is 9.21. The lowest BCUT2D eigenvalue weighted by molar-refractivity contribution is -0.121. The van der Waals surface area contributed by atoms with E-state index in [1.54, 1.807) is 0 Å². The van der Waals surface area contributed by atoms with Crippen molar-refractivity contribution in [1.29, 1.82) is 0 Å². The van der Waals surface area contributed by atoms with E-state index >= 15 is 0 Å². The van der Waals surface area contributed by atoms with Crippen LogP contribution in [-0.2, 0) is 4.79 Å². The molecule has 5 nitrogen and oxygen atoms in total. The molecule has 0 aliphatic carbocycles. The zero-order chi connectivity index (χ0) is 11.1. The third kappa shape index (κ3) is 4.78. The molecule has 1 saturated heterocycles. The van der Waals surface area contributed by atoms with E-state index in [0.717, 1.165) is 25.9 Å². The van der Waals surface area contributed by atoms with Crippen LogP contribution in [0.5, 0.6) is 0 Å². The topological polar surface area (TPSA) is 61.4 Å². The van der Waals surface area contributed by atoms with Crippen LogP contribution < -0.4 is 10.6 Å². The third-order valence-corrected chi connectivity index (χ3v) is 2.55. The van der Waals surface area contributed by atoms with Crippen molar-refractivity contribution in [2.24, 2.45) is 0 Å². The summed E-state index contributed by atoms with van der Waals surface area (Å²) in [5, 5.41) is 4.62. The Morgan fingerprint density at radius 1 is 1.13 bits per heavy atom. The molecule has 0 aromatic carbocycles. The van der Waals surface area contributed by atoms with E-state index in [4.69, 9.17) is 0 Å². The maximum absolute atomic E-state index is 11.4. The monoisotopic (exact) mass is 213 g/mol. The second kappa shape index (κ2) is 6.40. The second-order valence-electron chi connectivity index (χ2n) is 3.82. The summed E-state index contributed by atoms with van der Waals surface area (Å²) in [5.74, 6) is -0.226. The van der Waals surface area contributed by atoms with Gasteiger partial charge in [0.1, 0.15) is 0 Å². The van der Waals surface area contributed by atoms with E-state index < -0.39 is 6.03 Å². The van der Waals surface area contributed by atoms with Crippen molar-refractivity contribution >= 4 is 11.9 Å². The van der Waals surface area contributed by atoms with Gasteiger partial charge in [-0.2, -0.15) is 0 Å². The highest BCUT2D eigenvalue weighted by atomic mass is 16.2. The van der Waals surface area contributed by atoms with Gasteiger partial charge in [-0.05, 0) is 25.9 Å². The molecule has 86 valence electrons. The molecular weight excluding hydrogens is 194 g/mol. The van der Waals surface area contributed by atoms with Crippen LogP contribution in [0.3, 0.4) is 0 Å². The van der Waals surface area contributed by atoms with Crippen molar-refractivity contribution in [2.75, 3.05) is 26.7 Å². The predicted octanol–water partition coefficient (Wildman–Crippen LogP) is 0.318. The Morgan fingerprint density at radius 2 is 1.73 bits per heavy atom. The Labute approximate surface area is 90.2 Å². The van der Waals surface area contributed by atoms with E-state index in [1.165, 1.54) is 19.9 Å². The molecule has 15 heavy (non-hydrogen) atoms. The lowest BCUT2D eigenvalue weighted by Crippen LogP contribution is -2.43. The lowest BCUT2D eigenvalue weighted by atomic mass is 10.2. The molecule has 0 saturated carbocycles. The minimum absolute atomic E-state index is 0.226. The highest BCUT2D eigenvalue weighted by Gasteiger charge is 2.13. The van der Waals surface area contributed by atoms with Crippen LogP contribution in [-0.4, -0.2) is 43.5 Å². The van der Waals surface area contributed by atoms with Crippen LogP contribution in [0.4, 0.5) is 4.79 Å². The van der Waals surface area contributed by atoms with Gasteiger partial charge in [0.15, 0.2) is 0 Å². The van der Waals surface area contributed by atoms with Gasteiger partial charge in [0.05, 0.1) is 6.54 Å². The van der Waals surface area contributed by atoms with Crippen LogP contribution in [0, 0.1) is 0 Å². The van der Waals surface area contributed by atoms with Crippen molar-refractivity contribution < 1.29 is 9.59 Å². The normalized spacial score (nSPS) is 17.9. The Morgan fingerprint density at radius 3 is 2.27 bits per heavy atom. The summed E-state index contributed by atoms with van der Waals surface area (Å²) in [7, 11) is 1.49. The SMILES string of the molecule is CNC(=O)NC(=O)CN1CCCCCC1. The number of amides is 3. The van der Waals surface area contributed by atoms with Gasteiger partial charge in [0, 0.05) is 7.05 Å². The minimum Gasteiger partial charge on any atom is -0.341 e. The quantitative estimate of drug-likeness (QED) is 0.694. The largest absolute Gasteiger partial charge is 0.341 e. The average molecular weight is 213 g/mol. The van der Waals surface area contributed by atoms with Crippen LogP contribution in [0.1, 0.15) is 25.7 Å². The highest BCUT2D eigenvalue weighted by Crippen LogP contribution is 2.08. The van der Waals surface area contributed by atoms with Crippen molar-refractivity contribution in [1.82, 2.24) is 15.5 Å². The summed E-state index contributed by atoms with van der Waals surface area (Å²) in [6.45, 7) is 2.25. The van der Waals surface area contributed by atoms with E-state index in [2.05, 4.69) is 15.5 Å². The predicted molar refractivity (Wildman–Crippen MR) is 57.5 cm³/mol. The summed E-state index contributed by atoms with van der Waals surface area (Å²) in [4.78, 5) is 24.4. The number of carbonyl (C=O) groups is 2. The van der Waals surface area contributed by atoms with Crippen molar-refractivity contribution in [3.8, 4) is 0 Å². The molecule has 1 heterocycles. The van der Waals surface area contributed by atoms with Crippen LogP contribution >= 0.6 is 0 Å². The molecule has 0 unspecified atom stereocenters. The molecule has 5 heteroatoms. The molecule has 0 aromatic rings. The Bertz CT molecular complexity index is 223. The first-order chi connectivity index (χ1) is 7.22. The minimum atomic E-state index is -0.435. The molecule has 1 aliphatic heterocycles. The fraction of sp³-hybridized carbons (Fsp3) is 0.800. The fourth-order valence-electron chi connectivity index (χ4n) is 1.73. The van der Waals surface area contributed by atoms with Gasteiger partial charge in [-0.15, -0.1) is 0 Å². The Kier molecular flexibility index (Phi) is 5.10. The molecule has 0 bridgehead atoms. The number of hydrogen-bond acceptors (Lipinski definition) is 3. The van der Waals surface area contributed by atoms with Gasteiger partial charge in [0.25, 0.3) is 0 Å². The van der Waals surface area contributed by atoms with Gasteiger partial charge >= 0.3 is 6.03 Å². The zero-order valence-corrected chi connectivity index (χ0v) is 9.21. The first kappa shape index (κ1) is 12.0. The number of likely N-dealkylation sites (tertiary alicyclic amines) is 1. The summed E-state index contributed by atoms with van der Waals surface area (Å²) >= 11 is 0. The standard InChI is InChI=1S/C10H19N3O2/c1-11-10(15)12-9(14)8-13-6-4-2-3-5-7-13/h2-8H2,1H3,(H2,11,12,14,15). The van der Waals surface area contributed by atoms with Crippen LogP contribution in [0.2, 0.25) is 0 Å². The van der Waals surface area contributed by atoms with Gasteiger partial charge in [-0.25, -0.2) is 4.79 Å². The lowest BCUT2D eigenvalue weighted by Gasteiger charge is -2.18. The Hall–Kier alpha value is -1.10. The molecule has 0 aromatic heterocycles. The fourth-order valence-corrected chi connectivity index (χ4v) is 1.73. The number of carbonyl (C=O) groups excluding carboxylic acids is 2. The molecule has 3 amide bonds. The second-order valence-corrected chi connectivity index (χ2v) is 3.82. The van der Waals surface area contributed by atoms with Crippen molar-refractivity contribution in [2.45, 2.75) is 25.7 Å². The molecule has 0 atom stereocenters. The number of urea groups is 1. The molecule has 2 N–H and O–H groups in total. The van der Waals surface area contributed by atoms with Crippen molar-refractivity contribution in [3.63, 3.8) is 0 Å². The maximum Gasteiger partial charge on any atom is 0.321 e. The first-order valence-corrected chi connectivity index (χ1v) is 5.46. The number of nitrogens with one attached hydrogen (secondary N) is 2.